The third-order valence-corrected chi connectivity index (χ3v) is 3.00. The van der Waals surface area contributed by atoms with Crippen LogP contribution in [0.2, 0.25) is 0 Å². The van der Waals surface area contributed by atoms with Crippen molar-refractivity contribution in [2.45, 2.75) is 26.2 Å². The van der Waals surface area contributed by atoms with Crippen LogP contribution in [0.4, 0.5) is 0 Å². The van der Waals surface area contributed by atoms with Crippen LogP contribution in [0.3, 0.4) is 0 Å². The molecule has 3 saturated carbocycles. The van der Waals surface area contributed by atoms with Crippen molar-refractivity contribution in [3.63, 3.8) is 0 Å². The quantitative estimate of drug-likeness (QED) is 0.519. The molecule has 0 N–H and O–H groups in total. The fourth-order valence-corrected chi connectivity index (χ4v) is 2.56. The molecule has 0 aromatic heterocycles. The molecule has 1 heteroatoms. The van der Waals surface area contributed by atoms with Crippen LogP contribution in [0.1, 0.15) is 26.2 Å². The number of hydrogen-bond acceptors (Lipinski definition) is 1. The Hall–Kier alpha value is -0.330. The fourth-order valence-electron chi connectivity index (χ4n) is 2.56. The maximum atomic E-state index is 10.9. The van der Waals surface area contributed by atoms with Crippen LogP contribution < -0.4 is 0 Å². The van der Waals surface area contributed by atoms with Crippen molar-refractivity contribution < 1.29 is 4.79 Å². The monoisotopic (exact) mass is 124 g/mol. The lowest BCUT2D eigenvalue weighted by Gasteiger charge is -2.33. The van der Waals surface area contributed by atoms with Crippen LogP contribution in [-0.4, -0.2) is 5.78 Å². The van der Waals surface area contributed by atoms with Gasteiger partial charge in [0.25, 0.3) is 0 Å². The van der Waals surface area contributed by atoms with Crippen LogP contribution >= 0.6 is 0 Å². The van der Waals surface area contributed by atoms with E-state index in [1.165, 1.54) is 19.3 Å². The highest BCUT2D eigenvalue weighted by Gasteiger charge is 2.48. The lowest BCUT2D eigenvalue weighted by molar-refractivity contribution is -0.126. The van der Waals surface area contributed by atoms with Crippen molar-refractivity contribution in [2.75, 3.05) is 0 Å². The number of fused-ring (bicyclic) bond motifs is 1. The van der Waals surface area contributed by atoms with Gasteiger partial charge in [0, 0.05) is 5.92 Å². The van der Waals surface area contributed by atoms with Crippen molar-refractivity contribution in [1.29, 1.82) is 0 Å². The lowest BCUT2D eigenvalue weighted by Crippen LogP contribution is -2.33. The maximum Gasteiger partial charge on any atom is 0.133 e. The molecule has 3 aliphatic rings. The van der Waals surface area contributed by atoms with Gasteiger partial charge in [-0.3, -0.25) is 4.79 Å². The first kappa shape index (κ1) is 5.45. The molecule has 0 saturated heterocycles. The molecule has 9 heavy (non-hydrogen) atoms. The molecule has 0 heterocycles. The molecule has 3 rings (SSSR count). The second-order valence-corrected chi connectivity index (χ2v) is 3.47. The van der Waals surface area contributed by atoms with E-state index in [0.717, 1.165) is 11.8 Å². The normalized spacial score (nSPS) is 46.6. The van der Waals surface area contributed by atoms with E-state index in [1.54, 1.807) is 6.92 Å². The first-order valence-corrected chi connectivity index (χ1v) is 3.79. The number of carbonyl (C=O) groups is 1. The third kappa shape index (κ3) is 0.577. The summed E-state index contributed by atoms with van der Waals surface area (Å²) in [4.78, 5) is 10.9. The van der Waals surface area contributed by atoms with E-state index in [4.69, 9.17) is 0 Å². The van der Waals surface area contributed by atoms with Crippen LogP contribution in [0.5, 0.6) is 0 Å². The summed E-state index contributed by atoms with van der Waals surface area (Å²) in [7, 11) is 0. The minimum atomic E-state index is 0.439. The van der Waals surface area contributed by atoms with E-state index in [2.05, 4.69) is 0 Å². The van der Waals surface area contributed by atoms with E-state index in [1.807, 2.05) is 0 Å². The highest BCUT2D eigenvalue weighted by Crippen LogP contribution is 2.53. The number of rotatable bonds is 1. The summed E-state index contributed by atoms with van der Waals surface area (Å²) < 4.78 is 0. The predicted octanol–water partition coefficient (Wildman–Crippen LogP) is 1.62. The molecule has 0 aromatic carbocycles. The average molecular weight is 124 g/mol. The van der Waals surface area contributed by atoms with Gasteiger partial charge in [-0.2, -0.15) is 0 Å². The molecule has 0 amide bonds. The molecular weight excluding hydrogens is 112 g/mol. The first-order chi connectivity index (χ1) is 4.29. The Morgan fingerprint density at radius 1 is 1.33 bits per heavy atom. The van der Waals surface area contributed by atoms with Gasteiger partial charge in [0.1, 0.15) is 5.78 Å². The summed E-state index contributed by atoms with van der Waals surface area (Å²) >= 11 is 0. The number of hydrogen-bond donors (Lipinski definition) is 0. The zero-order chi connectivity index (χ0) is 6.43. The number of ketones is 1. The van der Waals surface area contributed by atoms with Gasteiger partial charge in [-0.1, -0.05) is 0 Å². The second kappa shape index (κ2) is 1.59. The summed E-state index contributed by atoms with van der Waals surface area (Å²) in [5.74, 6) is 2.53. The Balaban J connectivity index is 2.10. The average Bonchev–Trinajstić information content (AvgIpc) is 2.13. The van der Waals surface area contributed by atoms with Crippen LogP contribution in [0.25, 0.3) is 0 Å². The van der Waals surface area contributed by atoms with E-state index < -0.39 is 0 Å². The van der Waals surface area contributed by atoms with Crippen molar-refractivity contribution in [3.8, 4) is 0 Å². The van der Waals surface area contributed by atoms with Gasteiger partial charge in [-0.05, 0) is 38.0 Å². The van der Waals surface area contributed by atoms with E-state index >= 15 is 0 Å². The van der Waals surface area contributed by atoms with Gasteiger partial charge in [-0.15, -0.1) is 0 Å². The second-order valence-electron chi connectivity index (χ2n) is 3.47. The molecule has 50 valence electrons. The van der Waals surface area contributed by atoms with Gasteiger partial charge < -0.3 is 0 Å². The van der Waals surface area contributed by atoms with Crippen molar-refractivity contribution in [2.24, 2.45) is 17.8 Å². The first-order valence-electron chi connectivity index (χ1n) is 3.79. The highest BCUT2D eigenvalue weighted by atomic mass is 16.1. The third-order valence-electron chi connectivity index (χ3n) is 3.00. The SMILES string of the molecule is CC(=O)C1[C@@H]2CC[C@H]1C2. The van der Waals surface area contributed by atoms with Crippen LogP contribution in [0, 0.1) is 17.8 Å². The van der Waals surface area contributed by atoms with Crippen molar-refractivity contribution in [1.82, 2.24) is 0 Å². The van der Waals surface area contributed by atoms with Gasteiger partial charge >= 0.3 is 0 Å². The zero-order valence-electron chi connectivity index (χ0n) is 5.76. The molecule has 0 aromatic rings. The zero-order valence-corrected chi connectivity index (χ0v) is 5.76. The number of Topliss-reactive ketones (excluding diaryl/α,β-unsaturated/α-hetero) is 1. The summed E-state index contributed by atoms with van der Waals surface area (Å²) in [6.45, 7) is 1.75. The van der Waals surface area contributed by atoms with E-state index in [-0.39, 0.29) is 0 Å². The Labute approximate surface area is 55.4 Å². The Morgan fingerprint density at radius 3 is 2.11 bits per heavy atom. The van der Waals surface area contributed by atoms with E-state index in [0.29, 0.717) is 11.7 Å². The van der Waals surface area contributed by atoms with E-state index in [9.17, 15) is 4.79 Å². The molecule has 0 spiro atoms. The number of carbonyl (C=O) groups excluding carboxylic acids is 1. The molecule has 1 nitrogen and oxygen atoms in total. The molecule has 0 radical (unpaired) electrons. The summed E-state index contributed by atoms with van der Waals surface area (Å²) in [5.41, 5.74) is 0. The van der Waals surface area contributed by atoms with Gasteiger partial charge in [0.15, 0.2) is 0 Å². The van der Waals surface area contributed by atoms with Crippen LogP contribution in [0.15, 0.2) is 0 Å². The standard InChI is InChI=1S/C8H12O/c1-5(9)8-6-2-3-7(8)4-6/h6-8H,2-4H2,1H3/t6-,7+,8?. The van der Waals surface area contributed by atoms with Gasteiger partial charge in [0.2, 0.25) is 0 Å². The fraction of sp³-hybridized carbons (Fsp3) is 0.875. The maximum absolute atomic E-state index is 10.9. The smallest absolute Gasteiger partial charge is 0.133 e. The summed E-state index contributed by atoms with van der Waals surface area (Å²) in [5, 5.41) is 0. The largest absolute Gasteiger partial charge is 0.300 e. The van der Waals surface area contributed by atoms with Crippen LogP contribution in [-0.2, 0) is 4.79 Å². The Morgan fingerprint density at radius 2 is 1.89 bits per heavy atom. The predicted molar refractivity (Wildman–Crippen MR) is 35.0 cm³/mol. The Kier molecular flexibility index (Phi) is 0.961. The minimum absolute atomic E-state index is 0.439. The summed E-state index contributed by atoms with van der Waals surface area (Å²) in [6.07, 6.45) is 4.01. The molecule has 2 bridgehead atoms. The summed E-state index contributed by atoms with van der Waals surface area (Å²) in [6, 6.07) is 0. The molecule has 3 fully saturated rings. The Bertz CT molecular complexity index is 137. The van der Waals surface area contributed by atoms with Crippen molar-refractivity contribution in [3.05, 3.63) is 0 Å². The topological polar surface area (TPSA) is 17.1 Å². The van der Waals surface area contributed by atoms with Gasteiger partial charge in [-0.25, -0.2) is 0 Å². The minimum Gasteiger partial charge on any atom is -0.300 e. The highest BCUT2D eigenvalue weighted by molar-refractivity contribution is 5.80. The lowest BCUT2D eigenvalue weighted by atomic mass is 9.70. The molecule has 0 aliphatic heterocycles. The van der Waals surface area contributed by atoms with Crippen molar-refractivity contribution >= 4 is 5.78 Å². The molecule has 1 unspecified atom stereocenters. The van der Waals surface area contributed by atoms with Gasteiger partial charge in [0.05, 0.1) is 0 Å². The molecule has 3 atom stereocenters. The molecule has 3 aliphatic carbocycles. The molecular formula is C8H12O.